The molecule has 2 bridgehead atoms. The van der Waals surface area contributed by atoms with Gasteiger partial charge in [-0.05, 0) is 25.0 Å². The predicted molar refractivity (Wildman–Crippen MR) is 53.2 cm³/mol. The van der Waals surface area contributed by atoms with E-state index in [2.05, 4.69) is 10.3 Å². The molecule has 74 valence electrons. The molecule has 0 amide bonds. The fraction of sp³-hybridized carbons (Fsp3) is 0.545. The molecule has 1 aromatic heterocycles. The van der Waals surface area contributed by atoms with Gasteiger partial charge in [-0.3, -0.25) is 4.98 Å². The maximum atomic E-state index is 5.91. The number of nitrogens with one attached hydrogen (secondary N) is 1. The minimum absolute atomic E-state index is 0.408. The summed E-state index contributed by atoms with van der Waals surface area (Å²) in [5.74, 6) is 1.62. The largest absolute Gasteiger partial charge is 0.488 e. The monoisotopic (exact) mass is 190 g/mol. The van der Waals surface area contributed by atoms with Crippen molar-refractivity contribution in [1.29, 1.82) is 0 Å². The van der Waals surface area contributed by atoms with Gasteiger partial charge in [0.1, 0.15) is 11.9 Å². The molecule has 3 heteroatoms. The summed E-state index contributed by atoms with van der Waals surface area (Å²) in [5.41, 5.74) is 0. The van der Waals surface area contributed by atoms with Crippen molar-refractivity contribution in [2.75, 3.05) is 6.54 Å². The van der Waals surface area contributed by atoms with Crippen molar-refractivity contribution in [3.05, 3.63) is 24.5 Å². The third-order valence-electron chi connectivity index (χ3n) is 3.22. The summed E-state index contributed by atoms with van der Waals surface area (Å²) in [6, 6.07) is 4.59. The number of rotatable bonds is 2. The Labute approximate surface area is 83.5 Å². The molecule has 3 rings (SSSR count). The highest BCUT2D eigenvalue weighted by Gasteiger charge is 2.40. The molecule has 1 N–H and O–H groups in total. The fourth-order valence-electron chi connectivity index (χ4n) is 2.52. The summed E-state index contributed by atoms with van der Waals surface area (Å²) in [4.78, 5) is 4.05. The molecule has 1 saturated heterocycles. The van der Waals surface area contributed by atoms with Crippen LogP contribution in [0.25, 0.3) is 0 Å². The van der Waals surface area contributed by atoms with Gasteiger partial charge in [-0.15, -0.1) is 0 Å². The van der Waals surface area contributed by atoms with Crippen LogP contribution in [0.3, 0.4) is 0 Å². The fourth-order valence-corrected chi connectivity index (χ4v) is 2.52. The summed E-state index contributed by atoms with van der Waals surface area (Å²) >= 11 is 0. The van der Waals surface area contributed by atoms with E-state index in [0.29, 0.717) is 18.1 Å². The molecule has 1 aliphatic carbocycles. The number of aromatic nitrogens is 1. The van der Waals surface area contributed by atoms with Crippen LogP contribution in [0.5, 0.6) is 5.75 Å². The first kappa shape index (κ1) is 8.24. The highest BCUT2D eigenvalue weighted by atomic mass is 16.5. The highest BCUT2D eigenvalue weighted by Crippen LogP contribution is 2.33. The Balaban J connectivity index is 1.69. The van der Waals surface area contributed by atoms with Gasteiger partial charge in [-0.2, -0.15) is 0 Å². The van der Waals surface area contributed by atoms with Crippen molar-refractivity contribution < 1.29 is 4.74 Å². The zero-order valence-electron chi connectivity index (χ0n) is 8.02. The molecule has 2 heterocycles. The number of piperidine rings is 1. The van der Waals surface area contributed by atoms with E-state index in [1.54, 1.807) is 12.4 Å². The van der Waals surface area contributed by atoms with Crippen LogP contribution in [0.1, 0.15) is 12.8 Å². The van der Waals surface area contributed by atoms with Gasteiger partial charge in [0.2, 0.25) is 0 Å². The minimum Gasteiger partial charge on any atom is -0.488 e. The second-order valence-corrected chi connectivity index (χ2v) is 4.18. The summed E-state index contributed by atoms with van der Waals surface area (Å²) in [6.45, 7) is 1.12. The Morgan fingerprint density at radius 2 is 2.43 bits per heavy atom. The quantitative estimate of drug-likeness (QED) is 0.761. The van der Waals surface area contributed by atoms with Crippen LogP contribution in [-0.4, -0.2) is 23.7 Å². The molecule has 2 aliphatic rings. The van der Waals surface area contributed by atoms with Crippen LogP contribution < -0.4 is 10.1 Å². The van der Waals surface area contributed by atoms with Crippen LogP contribution in [0.4, 0.5) is 0 Å². The first-order valence-electron chi connectivity index (χ1n) is 5.22. The number of hydrogen-bond donors (Lipinski definition) is 1. The van der Waals surface area contributed by atoms with E-state index < -0.39 is 0 Å². The number of pyridine rings is 1. The normalized spacial score (nSPS) is 34.7. The first-order chi connectivity index (χ1) is 6.92. The highest BCUT2D eigenvalue weighted by molar-refractivity contribution is 5.16. The van der Waals surface area contributed by atoms with E-state index in [1.165, 1.54) is 6.42 Å². The Morgan fingerprint density at radius 1 is 1.43 bits per heavy atom. The topological polar surface area (TPSA) is 34.1 Å². The predicted octanol–water partition coefficient (Wildman–Crippen LogP) is 1.21. The number of nitrogens with zero attached hydrogens (tertiary/aromatic N) is 1. The van der Waals surface area contributed by atoms with Crippen LogP contribution in [-0.2, 0) is 0 Å². The summed E-state index contributed by atoms with van der Waals surface area (Å²) < 4.78 is 5.91. The molecular weight excluding hydrogens is 176 g/mol. The molecule has 0 radical (unpaired) electrons. The van der Waals surface area contributed by atoms with Gasteiger partial charge < -0.3 is 10.1 Å². The molecule has 1 saturated carbocycles. The Bertz CT molecular complexity index is 314. The zero-order chi connectivity index (χ0) is 9.38. The van der Waals surface area contributed by atoms with Gasteiger partial charge >= 0.3 is 0 Å². The molecule has 0 unspecified atom stereocenters. The Morgan fingerprint density at radius 3 is 3.07 bits per heavy atom. The first-order valence-corrected chi connectivity index (χ1v) is 5.22. The SMILES string of the molecule is c1cncc(O[C@H]2C[C@H]3C[C@H]2CN3)c1. The van der Waals surface area contributed by atoms with Gasteiger partial charge in [0, 0.05) is 24.7 Å². The molecule has 1 aliphatic heterocycles. The summed E-state index contributed by atoms with van der Waals surface area (Å²) in [6.07, 6.45) is 6.41. The standard InChI is InChI=1S/C11H14N2O/c1-2-10(7-12-3-1)14-11-5-9-4-8(11)6-13-9/h1-3,7-9,11,13H,4-6H2/t8-,9+,11-/m0/s1. The van der Waals surface area contributed by atoms with E-state index in [0.717, 1.165) is 18.7 Å². The van der Waals surface area contributed by atoms with Gasteiger partial charge in [-0.25, -0.2) is 0 Å². The van der Waals surface area contributed by atoms with E-state index in [-0.39, 0.29) is 0 Å². The van der Waals surface area contributed by atoms with Crippen LogP contribution in [0.15, 0.2) is 24.5 Å². The Hall–Kier alpha value is -1.09. The molecule has 3 atom stereocenters. The van der Waals surface area contributed by atoms with Crippen molar-refractivity contribution in [2.24, 2.45) is 5.92 Å². The Kier molecular flexibility index (Phi) is 1.91. The third kappa shape index (κ3) is 1.38. The number of fused-ring (bicyclic) bond motifs is 2. The van der Waals surface area contributed by atoms with E-state index in [9.17, 15) is 0 Å². The summed E-state index contributed by atoms with van der Waals surface area (Å²) in [7, 11) is 0. The van der Waals surface area contributed by atoms with Gasteiger partial charge in [0.25, 0.3) is 0 Å². The van der Waals surface area contributed by atoms with Crippen LogP contribution >= 0.6 is 0 Å². The minimum atomic E-state index is 0.408. The molecule has 0 spiro atoms. The molecule has 1 aromatic rings. The average molecular weight is 190 g/mol. The lowest BCUT2D eigenvalue weighted by Gasteiger charge is -2.23. The second kappa shape index (κ2) is 3.24. The van der Waals surface area contributed by atoms with E-state index in [1.807, 2.05) is 12.1 Å². The van der Waals surface area contributed by atoms with E-state index in [4.69, 9.17) is 4.74 Å². The second-order valence-electron chi connectivity index (χ2n) is 4.18. The van der Waals surface area contributed by atoms with Crippen molar-refractivity contribution in [2.45, 2.75) is 25.0 Å². The third-order valence-corrected chi connectivity index (χ3v) is 3.22. The lowest BCUT2D eigenvalue weighted by molar-refractivity contribution is 0.145. The maximum absolute atomic E-state index is 5.91. The lowest BCUT2D eigenvalue weighted by atomic mass is 10.1. The van der Waals surface area contributed by atoms with Gasteiger partial charge in [0.15, 0.2) is 0 Å². The molecular formula is C11H14N2O. The number of ether oxygens (including phenoxy) is 1. The average Bonchev–Trinajstić information content (AvgIpc) is 2.81. The smallest absolute Gasteiger partial charge is 0.138 e. The number of hydrogen-bond acceptors (Lipinski definition) is 3. The summed E-state index contributed by atoms with van der Waals surface area (Å²) in [5, 5.41) is 3.48. The van der Waals surface area contributed by atoms with Crippen molar-refractivity contribution >= 4 is 0 Å². The van der Waals surface area contributed by atoms with Crippen molar-refractivity contribution in [3.63, 3.8) is 0 Å². The molecule has 0 aromatic carbocycles. The van der Waals surface area contributed by atoms with Gasteiger partial charge in [0.05, 0.1) is 6.20 Å². The molecule has 14 heavy (non-hydrogen) atoms. The zero-order valence-corrected chi connectivity index (χ0v) is 8.02. The van der Waals surface area contributed by atoms with Crippen LogP contribution in [0, 0.1) is 5.92 Å². The molecule has 2 fully saturated rings. The van der Waals surface area contributed by atoms with Crippen LogP contribution in [0.2, 0.25) is 0 Å². The van der Waals surface area contributed by atoms with E-state index >= 15 is 0 Å². The van der Waals surface area contributed by atoms with Crippen molar-refractivity contribution in [3.8, 4) is 5.75 Å². The van der Waals surface area contributed by atoms with Crippen molar-refractivity contribution in [1.82, 2.24) is 10.3 Å². The lowest BCUT2D eigenvalue weighted by Crippen LogP contribution is -2.35. The maximum Gasteiger partial charge on any atom is 0.138 e. The molecule has 3 nitrogen and oxygen atoms in total. The van der Waals surface area contributed by atoms with Gasteiger partial charge in [-0.1, -0.05) is 0 Å².